The Bertz CT molecular complexity index is 2180. The van der Waals surface area contributed by atoms with Gasteiger partial charge in [-0.15, -0.1) is 0 Å². The van der Waals surface area contributed by atoms with Crippen molar-refractivity contribution in [2.45, 2.75) is 55.6 Å². The van der Waals surface area contributed by atoms with Crippen molar-refractivity contribution in [3.8, 4) is 5.69 Å². The van der Waals surface area contributed by atoms with Gasteiger partial charge in [-0.2, -0.15) is 0 Å². The third-order valence-corrected chi connectivity index (χ3v) is 9.90. The number of benzene rings is 3. The van der Waals surface area contributed by atoms with Crippen LogP contribution >= 0.6 is 0 Å². The average molecular weight is 690 g/mol. The first-order valence-corrected chi connectivity index (χ1v) is 17.2. The summed E-state index contributed by atoms with van der Waals surface area (Å²) < 4.78 is 66.6. The van der Waals surface area contributed by atoms with Crippen LogP contribution in [0.2, 0.25) is 0 Å². The van der Waals surface area contributed by atoms with Crippen molar-refractivity contribution < 1.29 is 31.5 Å². The number of sulfonamides is 1. The highest BCUT2D eigenvalue weighted by Gasteiger charge is 2.29. The summed E-state index contributed by atoms with van der Waals surface area (Å²) in [6.45, 7) is 0. The SMILES string of the molecule is Cn1c2cnccc2c(=O)n1-c1ccc(C[C@H](NC(=O)c2cc(F)c(NS(=O)(=O)c3ccccc3)cc2F)C(=O)OC2CCCCC2)cc1. The van der Waals surface area contributed by atoms with Gasteiger partial charge in [0.25, 0.3) is 21.5 Å². The lowest BCUT2D eigenvalue weighted by molar-refractivity contribution is -0.152. The first-order chi connectivity index (χ1) is 23.5. The Balaban J connectivity index is 1.23. The molecule has 0 aliphatic heterocycles. The first-order valence-electron chi connectivity index (χ1n) is 15.7. The summed E-state index contributed by atoms with van der Waals surface area (Å²) in [5.41, 5.74) is 0.152. The molecule has 0 saturated heterocycles. The van der Waals surface area contributed by atoms with Gasteiger partial charge in [-0.05, 0) is 67.6 Å². The molecule has 1 fully saturated rings. The number of carbonyl (C=O) groups is 2. The number of esters is 1. The van der Waals surface area contributed by atoms with Gasteiger partial charge in [0.1, 0.15) is 23.8 Å². The fraction of sp³-hybridized carbons (Fsp3) is 0.257. The number of halogens is 2. The molecule has 49 heavy (non-hydrogen) atoms. The summed E-state index contributed by atoms with van der Waals surface area (Å²) in [6, 6.07) is 15.4. The number of aromatic nitrogens is 3. The van der Waals surface area contributed by atoms with E-state index in [-0.39, 0.29) is 23.0 Å². The highest BCUT2D eigenvalue weighted by Crippen LogP contribution is 2.25. The summed E-state index contributed by atoms with van der Waals surface area (Å²) in [4.78, 5) is 43.7. The van der Waals surface area contributed by atoms with E-state index in [0.29, 0.717) is 47.1 Å². The third kappa shape index (κ3) is 7.23. The van der Waals surface area contributed by atoms with Gasteiger partial charge < -0.3 is 10.1 Å². The van der Waals surface area contributed by atoms with Gasteiger partial charge in [-0.1, -0.05) is 36.8 Å². The maximum atomic E-state index is 15.2. The predicted octanol–water partition coefficient (Wildman–Crippen LogP) is 5.02. The zero-order chi connectivity index (χ0) is 34.7. The molecular formula is C35H33F2N5O6S. The quantitative estimate of drug-likeness (QED) is 0.196. The molecule has 0 spiro atoms. The summed E-state index contributed by atoms with van der Waals surface area (Å²) >= 11 is 0. The highest BCUT2D eigenvalue weighted by molar-refractivity contribution is 7.92. The number of aryl methyl sites for hydroxylation is 1. The van der Waals surface area contributed by atoms with Crippen LogP contribution in [0.1, 0.15) is 48.0 Å². The summed E-state index contributed by atoms with van der Waals surface area (Å²) in [5, 5.41) is 2.99. The van der Waals surface area contributed by atoms with Crippen molar-refractivity contribution in [3.05, 3.63) is 118 Å². The Labute approximate surface area is 280 Å². The zero-order valence-corrected chi connectivity index (χ0v) is 27.3. The van der Waals surface area contributed by atoms with Gasteiger partial charge in [0, 0.05) is 25.7 Å². The minimum atomic E-state index is -4.24. The molecule has 2 heterocycles. The highest BCUT2D eigenvalue weighted by atomic mass is 32.2. The van der Waals surface area contributed by atoms with E-state index in [1.807, 2.05) is 4.72 Å². The lowest BCUT2D eigenvalue weighted by Crippen LogP contribution is -2.45. The standard InChI is InChI=1S/C35H33F2N5O6S/c1-41-32-21-38-17-16-26(32)34(44)42(41)23-14-12-22(13-15-23)18-31(35(45)48-24-8-4-2-5-9-24)39-33(43)27-19-29(37)30(20-28(27)36)40-49(46,47)25-10-6-3-7-11-25/h3,6-7,10-17,19-21,24,31,40H,2,4-5,8-9,18H2,1H3,(H,39,43)/t31-/m0/s1. The van der Waals surface area contributed by atoms with E-state index < -0.39 is 50.8 Å². The van der Waals surface area contributed by atoms with Crippen LogP contribution < -0.4 is 15.6 Å². The lowest BCUT2D eigenvalue weighted by atomic mass is 9.97. The molecule has 11 nitrogen and oxygen atoms in total. The molecule has 1 saturated carbocycles. The number of pyridine rings is 1. The minimum Gasteiger partial charge on any atom is -0.461 e. The van der Waals surface area contributed by atoms with E-state index in [0.717, 1.165) is 19.3 Å². The van der Waals surface area contributed by atoms with E-state index >= 15 is 8.78 Å². The number of nitrogens with one attached hydrogen (secondary N) is 2. The maximum absolute atomic E-state index is 15.2. The Kier molecular flexibility index (Phi) is 9.58. The summed E-state index contributed by atoms with van der Waals surface area (Å²) in [5.74, 6) is -4.21. The van der Waals surface area contributed by atoms with Crippen LogP contribution in [0.3, 0.4) is 0 Å². The van der Waals surface area contributed by atoms with Gasteiger partial charge in [-0.25, -0.2) is 26.7 Å². The fourth-order valence-corrected chi connectivity index (χ4v) is 7.02. The number of hydrogen-bond acceptors (Lipinski definition) is 7. The average Bonchev–Trinajstić information content (AvgIpc) is 3.36. The van der Waals surface area contributed by atoms with E-state index in [4.69, 9.17) is 4.74 Å². The molecule has 0 unspecified atom stereocenters. The van der Waals surface area contributed by atoms with E-state index in [1.54, 1.807) is 60.5 Å². The number of anilines is 1. The number of amides is 1. The van der Waals surface area contributed by atoms with Crippen molar-refractivity contribution in [2.24, 2.45) is 7.05 Å². The van der Waals surface area contributed by atoms with Gasteiger partial charge in [0.15, 0.2) is 0 Å². The largest absolute Gasteiger partial charge is 0.461 e. The van der Waals surface area contributed by atoms with Crippen LogP contribution in [0.5, 0.6) is 0 Å². The van der Waals surface area contributed by atoms with Crippen LogP contribution in [-0.4, -0.2) is 46.8 Å². The van der Waals surface area contributed by atoms with Crippen molar-refractivity contribution in [1.29, 1.82) is 0 Å². The lowest BCUT2D eigenvalue weighted by Gasteiger charge is -2.25. The second-order valence-corrected chi connectivity index (χ2v) is 13.5. The summed E-state index contributed by atoms with van der Waals surface area (Å²) in [6.07, 6.45) is 6.92. The predicted molar refractivity (Wildman–Crippen MR) is 178 cm³/mol. The van der Waals surface area contributed by atoms with Crippen molar-refractivity contribution in [3.63, 3.8) is 0 Å². The molecule has 3 aromatic carbocycles. The molecule has 0 radical (unpaired) electrons. The Morgan fingerprint density at radius 1 is 0.980 bits per heavy atom. The van der Waals surface area contributed by atoms with Gasteiger partial charge in [-0.3, -0.25) is 24.0 Å². The number of fused-ring (bicyclic) bond motifs is 1. The second-order valence-electron chi connectivity index (χ2n) is 11.9. The fourth-order valence-electron chi connectivity index (χ4n) is 5.94. The Morgan fingerprint density at radius 2 is 1.69 bits per heavy atom. The second kappa shape index (κ2) is 14.0. The van der Waals surface area contributed by atoms with Crippen LogP contribution in [0, 0.1) is 11.6 Å². The topological polar surface area (TPSA) is 141 Å². The Hall–Kier alpha value is -5.37. The van der Waals surface area contributed by atoms with Crippen molar-refractivity contribution in [1.82, 2.24) is 19.7 Å². The molecule has 254 valence electrons. The number of nitrogens with zero attached hydrogens (tertiary/aromatic N) is 3. The van der Waals surface area contributed by atoms with Crippen LogP contribution in [-0.2, 0) is 33.0 Å². The van der Waals surface area contributed by atoms with Crippen LogP contribution in [0.15, 0.2) is 94.9 Å². The van der Waals surface area contributed by atoms with Crippen molar-refractivity contribution in [2.75, 3.05) is 4.72 Å². The molecule has 1 aliphatic carbocycles. The molecular weight excluding hydrogens is 656 g/mol. The van der Waals surface area contributed by atoms with E-state index in [1.165, 1.54) is 28.9 Å². The Morgan fingerprint density at radius 3 is 2.39 bits per heavy atom. The van der Waals surface area contributed by atoms with E-state index in [2.05, 4.69) is 10.3 Å². The van der Waals surface area contributed by atoms with E-state index in [9.17, 15) is 22.8 Å². The van der Waals surface area contributed by atoms with Crippen molar-refractivity contribution >= 4 is 38.5 Å². The number of rotatable bonds is 10. The zero-order valence-electron chi connectivity index (χ0n) is 26.4. The molecule has 5 aromatic rings. The molecule has 14 heteroatoms. The first kappa shape index (κ1) is 33.5. The molecule has 1 amide bonds. The normalized spacial score (nSPS) is 14.3. The van der Waals surface area contributed by atoms with Gasteiger partial charge in [0.2, 0.25) is 0 Å². The van der Waals surface area contributed by atoms with Crippen LogP contribution in [0.4, 0.5) is 14.5 Å². The monoisotopic (exact) mass is 689 g/mol. The number of hydrogen-bond donors (Lipinski definition) is 2. The number of ether oxygens (including phenoxy) is 1. The molecule has 2 N–H and O–H groups in total. The molecule has 1 aliphatic rings. The van der Waals surface area contributed by atoms with Gasteiger partial charge >= 0.3 is 5.97 Å². The molecule has 2 aromatic heterocycles. The molecule has 6 rings (SSSR count). The number of carbonyl (C=O) groups excluding carboxylic acids is 2. The van der Waals surface area contributed by atoms with Gasteiger partial charge in [0.05, 0.1) is 38.9 Å². The molecule has 1 atom stereocenters. The molecule has 0 bridgehead atoms. The maximum Gasteiger partial charge on any atom is 0.329 e. The summed E-state index contributed by atoms with van der Waals surface area (Å²) in [7, 11) is -2.50. The minimum absolute atomic E-state index is 0.0510. The third-order valence-electron chi connectivity index (χ3n) is 8.52. The smallest absolute Gasteiger partial charge is 0.329 e. The van der Waals surface area contributed by atoms with Crippen LogP contribution in [0.25, 0.3) is 16.6 Å².